The number of ether oxygens (including phenoxy) is 1. The van der Waals surface area contributed by atoms with Gasteiger partial charge in [-0.15, -0.1) is 0 Å². The fraction of sp³-hybridized carbons (Fsp3) is 0.333. The van der Waals surface area contributed by atoms with E-state index in [-0.39, 0.29) is 42.8 Å². The summed E-state index contributed by atoms with van der Waals surface area (Å²) < 4.78 is 19.3. The van der Waals surface area contributed by atoms with Crippen LogP contribution in [0.4, 0.5) is 10.1 Å². The number of H-pyrrole nitrogens is 1. The van der Waals surface area contributed by atoms with E-state index in [0.29, 0.717) is 18.7 Å². The standard InChI is InChI=1S/C18H17FN4O4/c19-12-2-1-3-13(8-12)23-11-18(27-9-16(23)25)6-7-22(10-18)17(26)14-4-5-15(24)21-20-14/h1-5,8H,6-7,9-11H2,(H,21,24). The Morgan fingerprint density at radius 1 is 1.22 bits per heavy atom. The lowest BCUT2D eigenvalue weighted by molar-refractivity contribution is -0.137. The van der Waals surface area contributed by atoms with Crippen LogP contribution in [0.2, 0.25) is 0 Å². The number of amides is 2. The number of carbonyl (C=O) groups is 2. The minimum absolute atomic E-state index is 0.130. The summed E-state index contributed by atoms with van der Waals surface area (Å²) in [4.78, 5) is 39.1. The summed E-state index contributed by atoms with van der Waals surface area (Å²) in [7, 11) is 0. The minimum Gasteiger partial charge on any atom is -0.361 e. The minimum atomic E-state index is -0.710. The molecule has 4 rings (SSSR count). The van der Waals surface area contributed by atoms with Gasteiger partial charge in [0, 0.05) is 18.3 Å². The Labute approximate surface area is 153 Å². The highest BCUT2D eigenvalue weighted by Gasteiger charge is 2.47. The second-order valence-corrected chi connectivity index (χ2v) is 6.71. The van der Waals surface area contributed by atoms with Gasteiger partial charge in [0.25, 0.3) is 17.4 Å². The van der Waals surface area contributed by atoms with Crippen LogP contribution >= 0.6 is 0 Å². The molecule has 2 fully saturated rings. The van der Waals surface area contributed by atoms with Crippen LogP contribution in [0.25, 0.3) is 0 Å². The van der Waals surface area contributed by atoms with Gasteiger partial charge >= 0.3 is 0 Å². The summed E-state index contributed by atoms with van der Waals surface area (Å²) in [6.07, 6.45) is 0.543. The molecule has 0 saturated carbocycles. The first kappa shape index (κ1) is 17.3. The van der Waals surface area contributed by atoms with Crippen molar-refractivity contribution in [2.75, 3.05) is 31.1 Å². The lowest BCUT2D eigenvalue weighted by Crippen LogP contribution is -2.56. The molecule has 0 bridgehead atoms. The van der Waals surface area contributed by atoms with Crippen molar-refractivity contribution < 1.29 is 18.7 Å². The van der Waals surface area contributed by atoms with Gasteiger partial charge in [-0.05, 0) is 30.7 Å². The number of rotatable bonds is 2. The van der Waals surface area contributed by atoms with E-state index in [2.05, 4.69) is 10.2 Å². The van der Waals surface area contributed by atoms with Crippen LogP contribution in [-0.2, 0) is 9.53 Å². The van der Waals surface area contributed by atoms with Gasteiger partial charge < -0.3 is 14.5 Å². The number of carbonyl (C=O) groups excluding carboxylic acids is 2. The third-order valence-electron chi connectivity index (χ3n) is 4.87. The Morgan fingerprint density at radius 3 is 2.81 bits per heavy atom. The number of nitrogens with zero attached hydrogens (tertiary/aromatic N) is 3. The van der Waals surface area contributed by atoms with Crippen LogP contribution in [0, 0.1) is 5.82 Å². The van der Waals surface area contributed by atoms with E-state index >= 15 is 0 Å². The fourth-order valence-corrected chi connectivity index (χ4v) is 3.48. The second-order valence-electron chi connectivity index (χ2n) is 6.71. The first-order valence-electron chi connectivity index (χ1n) is 8.51. The van der Waals surface area contributed by atoms with E-state index in [4.69, 9.17) is 4.74 Å². The number of likely N-dealkylation sites (tertiary alicyclic amines) is 1. The van der Waals surface area contributed by atoms with Crippen LogP contribution in [0.3, 0.4) is 0 Å². The zero-order valence-corrected chi connectivity index (χ0v) is 14.4. The largest absolute Gasteiger partial charge is 0.361 e. The van der Waals surface area contributed by atoms with Gasteiger partial charge in [0.05, 0.1) is 13.1 Å². The average molecular weight is 372 g/mol. The topological polar surface area (TPSA) is 95.6 Å². The molecule has 1 N–H and O–H groups in total. The number of aromatic amines is 1. The average Bonchev–Trinajstić information content (AvgIpc) is 3.08. The SMILES string of the molecule is O=C(c1ccc(=O)[nH]n1)N1CCC2(C1)CN(c1cccc(F)c1)C(=O)CO2. The predicted octanol–water partition coefficient (Wildman–Crippen LogP) is 0.557. The van der Waals surface area contributed by atoms with Crippen molar-refractivity contribution in [3.63, 3.8) is 0 Å². The molecule has 1 aromatic heterocycles. The van der Waals surface area contributed by atoms with Crippen LogP contribution in [0.1, 0.15) is 16.9 Å². The fourth-order valence-electron chi connectivity index (χ4n) is 3.48. The molecule has 1 spiro atoms. The molecule has 3 heterocycles. The zero-order valence-electron chi connectivity index (χ0n) is 14.4. The summed E-state index contributed by atoms with van der Waals surface area (Å²) in [5.74, 6) is -0.993. The number of hydrogen-bond acceptors (Lipinski definition) is 5. The molecule has 0 aliphatic carbocycles. The molecule has 1 unspecified atom stereocenters. The van der Waals surface area contributed by atoms with Gasteiger partial charge in [-0.1, -0.05) is 6.07 Å². The van der Waals surface area contributed by atoms with Crippen LogP contribution in [0.15, 0.2) is 41.2 Å². The molecule has 8 nitrogen and oxygen atoms in total. The molecule has 1 aromatic carbocycles. The number of nitrogens with one attached hydrogen (secondary N) is 1. The lowest BCUT2D eigenvalue weighted by Gasteiger charge is -2.40. The Balaban J connectivity index is 1.52. The number of morpholine rings is 1. The Bertz CT molecular complexity index is 942. The molecular formula is C18H17FN4O4. The maximum Gasteiger partial charge on any atom is 0.274 e. The van der Waals surface area contributed by atoms with Gasteiger partial charge in [-0.3, -0.25) is 14.4 Å². The summed E-state index contributed by atoms with van der Waals surface area (Å²) in [6.45, 7) is 0.824. The van der Waals surface area contributed by atoms with E-state index in [0.717, 1.165) is 0 Å². The van der Waals surface area contributed by atoms with E-state index < -0.39 is 11.4 Å². The summed E-state index contributed by atoms with van der Waals surface area (Å²) in [6, 6.07) is 8.45. The molecule has 9 heteroatoms. The van der Waals surface area contributed by atoms with Crippen molar-refractivity contribution in [3.05, 3.63) is 58.3 Å². The van der Waals surface area contributed by atoms with E-state index in [1.807, 2.05) is 0 Å². The molecule has 2 aromatic rings. The summed E-state index contributed by atoms with van der Waals surface area (Å²) in [5.41, 5.74) is -0.488. The predicted molar refractivity (Wildman–Crippen MR) is 92.8 cm³/mol. The van der Waals surface area contributed by atoms with Gasteiger partial charge in [0.15, 0.2) is 0 Å². The zero-order chi connectivity index (χ0) is 19.0. The van der Waals surface area contributed by atoms with Crippen LogP contribution in [-0.4, -0.2) is 58.8 Å². The third-order valence-corrected chi connectivity index (χ3v) is 4.87. The van der Waals surface area contributed by atoms with Crippen molar-refractivity contribution in [2.24, 2.45) is 0 Å². The Hall–Kier alpha value is -3.07. The maximum absolute atomic E-state index is 13.5. The number of halogens is 1. The van der Waals surface area contributed by atoms with Gasteiger partial charge in [-0.2, -0.15) is 5.10 Å². The maximum atomic E-state index is 13.5. The monoisotopic (exact) mass is 372 g/mol. The van der Waals surface area contributed by atoms with Crippen molar-refractivity contribution in [1.29, 1.82) is 0 Å². The van der Waals surface area contributed by atoms with E-state index in [1.165, 1.54) is 29.2 Å². The third kappa shape index (κ3) is 3.33. The highest BCUT2D eigenvalue weighted by Crippen LogP contribution is 2.32. The highest BCUT2D eigenvalue weighted by atomic mass is 19.1. The highest BCUT2D eigenvalue weighted by molar-refractivity contribution is 5.95. The van der Waals surface area contributed by atoms with Gasteiger partial charge in [-0.25, -0.2) is 9.49 Å². The van der Waals surface area contributed by atoms with Crippen molar-refractivity contribution in [1.82, 2.24) is 15.1 Å². The first-order valence-corrected chi connectivity index (χ1v) is 8.51. The van der Waals surface area contributed by atoms with Crippen LogP contribution < -0.4 is 10.5 Å². The van der Waals surface area contributed by atoms with Crippen molar-refractivity contribution >= 4 is 17.5 Å². The first-order chi connectivity index (χ1) is 13.0. The molecule has 2 aliphatic rings. The number of benzene rings is 1. The second kappa shape index (κ2) is 6.58. The summed E-state index contributed by atoms with van der Waals surface area (Å²) in [5, 5.41) is 6.01. The number of aromatic nitrogens is 2. The summed E-state index contributed by atoms with van der Waals surface area (Å²) >= 11 is 0. The molecule has 140 valence electrons. The lowest BCUT2D eigenvalue weighted by atomic mass is 10.00. The quantitative estimate of drug-likeness (QED) is 0.831. The van der Waals surface area contributed by atoms with E-state index in [1.54, 1.807) is 17.0 Å². The molecule has 1 atom stereocenters. The molecule has 2 aliphatic heterocycles. The van der Waals surface area contributed by atoms with Gasteiger partial charge in [0.1, 0.15) is 23.7 Å². The van der Waals surface area contributed by atoms with Crippen LogP contribution in [0.5, 0.6) is 0 Å². The Morgan fingerprint density at radius 2 is 2.07 bits per heavy atom. The molecule has 2 saturated heterocycles. The normalized spacial score (nSPS) is 22.5. The number of anilines is 1. The van der Waals surface area contributed by atoms with Gasteiger partial charge in [0.2, 0.25) is 0 Å². The van der Waals surface area contributed by atoms with Crippen molar-refractivity contribution in [3.8, 4) is 0 Å². The molecular weight excluding hydrogens is 355 g/mol. The number of hydrogen-bond donors (Lipinski definition) is 1. The molecule has 2 amide bonds. The smallest absolute Gasteiger partial charge is 0.274 e. The Kier molecular flexibility index (Phi) is 4.23. The molecule has 27 heavy (non-hydrogen) atoms. The van der Waals surface area contributed by atoms with E-state index in [9.17, 15) is 18.8 Å². The molecule has 0 radical (unpaired) electrons. The van der Waals surface area contributed by atoms with Crippen molar-refractivity contribution in [2.45, 2.75) is 12.0 Å².